The average molecular weight is 567 g/mol. The number of hydrazone groups is 1. The number of para-hydroxylation sites is 1. The van der Waals surface area contributed by atoms with Gasteiger partial charge in [-0.15, -0.1) is 0 Å². The van der Waals surface area contributed by atoms with Gasteiger partial charge in [-0.2, -0.15) is 5.10 Å². The first-order valence-corrected chi connectivity index (χ1v) is 11.4. The molecular formula is C24H17Br2N5O2. The summed E-state index contributed by atoms with van der Waals surface area (Å²) in [5.74, 6) is 0.424. The molecule has 0 unspecified atom stereocenters. The molecular weight excluding hydrogens is 550 g/mol. The predicted molar refractivity (Wildman–Crippen MR) is 138 cm³/mol. The first kappa shape index (κ1) is 22.8. The third-order valence-corrected chi connectivity index (χ3v) is 5.90. The quantitative estimate of drug-likeness (QED) is 0.126. The molecule has 0 fully saturated rings. The van der Waals surface area contributed by atoms with E-state index < -0.39 is 4.92 Å². The molecule has 4 rings (SSSR count). The second kappa shape index (κ2) is 10.0. The van der Waals surface area contributed by atoms with Crippen molar-refractivity contribution in [1.82, 2.24) is 10.4 Å². The van der Waals surface area contributed by atoms with E-state index in [1.807, 2.05) is 55.5 Å². The van der Waals surface area contributed by atoms with Gasteiger partial charge in [0, 0.05) is 32.0 Å². The minimum absolute atomic E-state index is 0.00319. The summed E-state index contributed by atoms with van der Waals surface area (Å²) in [7, 11) is 0. The summed E-state index contributed by atoms with van der Waals surface area (Å²) in [4.78, 5) is 20.1. The van der Waals surface area contributed by atoms with E-state index in [0.717, 1.165) is 25.4 Å². The highest BCUT2D eigenvalue weighted by molar-refractivity contribution is 9.11. The number of non-ortho nitro benzene ring substituents is 1. The lowest BCUT2D eigenvalue weighted by molar-refractivity contribution is -0.384. The van der Waals surface area contributed by atoms with Gasteiger partial charge in [-0.05, 0) is 68.6 Å². The van der Waals surface area contributed by atoms with E-state index in [4.69, 9.17) is 9.98 Å². The number of nitrogens with one attached hydrogen (secondary N) is 1. The van der Waals surface area contributed by atoms with Gasteiger partial charge in [0.25, 0.3) is 5.69 Å². The molecule has 4 aromatic rings. The van der Waals surface area contributed by atoms with Crippen LogP contribution in [0, 0.1) is 17.0 Å². The number of nitro groups is 1. The molecule has 0 atom stereocenters. The van der Waals surface area contributed by atoms with Gasteiger partial charge in [0.15, 0.2) is 5.84 Å². The number of aliphatic imine (C=N–C) groups is 1. The molecule has 7 nitrogen and oxygen atoms in total. The van der Waals surface area contributed by atoms with Crippen LogP contribution in [0.5, 0.6) is 0 Å². The van der Waals surface area contributed by atoms with Crippen LogP contribution < -0.4 is 5.43 Å². The number of aryl methyl sites for hydroxylation is 1. The van der Waals surface area contributed by atoms with Gasteiger partial charge in [-0.25, -0.2) is 9.98 Å². The number of aromatic nitrogens is 1. The van der Waals surface area contributed by atoms with Gasteiger partial charge < -0.3 is 0 Å². The number of rotatable bonds is 5. The molecule has 3 aromatic carbocycles. The number of nitrogens with zero attached hydrogens (tertiary/aromatic N) is 4. The average Bonchev–Trinajstić information content (AvgIpc) is 2.80. The summed E-state index contributed by atoms with van der Waals surface area (Å²) in [5, 5.41) is 16.3. The largest absolute Gasteiger partial charge is 0.270 e. The fourth-order valence-corrected chi connectivity index (χ4v) is 4.73. The monoisotopic (exact) mass is 565 g/mol. The lowest BCUT2D eigenvalue weighted by Gasteiger charge is -2.10. The Balaban J connectivity index is 1.74. The molecule has 9 heteroatoms. The predicted octanol–water partition coefficient (Wildman–Crippen LogP) is 6.68. The summed E-state index contributed by atoms with van der Waals surface area (Å²) in [6, 6.07) is 21.8. The Labute approximate surface area is 206 Å². The Morgan fingerprint density at radius 1 is 1.03 bits per heavy atom. The topological polar surface area (TPSA) is 92.8 Å². The van der Waals surface area contributed by atoms with Crippen LogP contribution in [0.1, 0.15) is 16.8 Å². The maximum atomic E-state index is 11.0. The number of halogens is 2. The van der Waals surface area contributed by atoms with Crippen molar-refractivity contribution in [3.05, 3.63) is 109 Å². The number of benzene rings is 3. The van der Waals surface area contributed by atoms with Crippen LogP contribution in [0.25, 0.3) is 10.9 Å². The smallest absolute Gasteiger partial charge is 0.260 e. The van der Waals surface area contributed by atoms with Gasteiger partial charge >= 0.3 is 0 Å². The van der Waals surface area contributed by atoms with Crippen LogP contribution in [-0.2, 0) is 0 Å². The fraction of sp³-hybridized carbons (Fsp3) is 0.0417. The number of amidine groups is 1. The maximum Gasteiger partial charge on any atom is 0.270 e. The molecule has 1 aromatic heterocycles. The molecule has 0 saturated heterocycles. The van der Waals surface area contributed by atoms with Crippen molar-refractivity contribution in [3.63, 3.8) is 0 Å². The summed E-state index contributed by atoms with van der Waals surface area (Å²) in [6.45, 7) is 2.00. The second-order valence-corrected chi connectivity index (χ2v) is 8.86. The second-order valence-electron chi connectivity index (χ2n) is 7.15. The first-order chi connectivity index (χ1) is 15.9. The van der Waals surface area contributed by atoms with E-state index in [9.17, 15) is 10.1 Å². The minimum atomic E-state index is -0.441. The van der Waals surface area contributed by atoms with Gasteiger partial charge in [-0.3, -0.25) is 15.5 Å². The number of fused-ring (bicyclic) bond motifs is 1. The van der Waals surface area contributed by atoms with Gasteiger partial charge in [0.05, 0.1) is 22.3 Å². The molecule has 0 saturated carbocycles. The first-order valence-electron chi connectivity index (χ1n) is 9.85. The number of pyridine rings is 1. The van der Waals surface area contributed by atoms with Crippen molar-refractivity contribution >= 4 is 66.2 Å². The summed E-state index contributed by atoms with van der Waals surface area (Å²) in [6.07, 6.45) is 1.50. The highest BCUT2D eigenvalue weighted by atomic mass is 79.9. The van der Waals surface area contributed by atoms with E-state index in [1.54, 1.807) is 12.1 Å². The van der Waals surface area contributed by atoms with Crippen LogP contribution in [0.2, 0.25) is 0 Å². The van der Waals surface area contributed by atoms with E-state index in [1.165, 1.54) is 18.3 Å². The van der Waals surface area contributed by atoms with Crippen LogP contribution in [0.4, 0.5) is 11.4 Å². The lowest BCUT2D eigenvalue weighted by Crippen LogP contribution is -2.20. The van der Waals surface area contributed by atoms with E-state index >= 15 is 0 Å². The molecule has 1 N–H and O–H groups in total. The molecule has 0 bridgehead atoms. The van der Waals surface area contributed by atoms with Crippen molar-refractivity contribution in [3.8, 4) is 0 Å². The molecule has 0 aliphatic carbocycles. The van der Waals surface area contributed by atoms with Crippen molar-refractivity contribution in [2.75, 3.05) is 0 Å². The molecule has 33 heavy (non-hydrogen) atoms. The highest BCUT2D eigenvalue weighted by Gasteiger charge is 2.11. The SMILES string of the molecule is Cc1cc(Br)c(N=C(NN=Cc2cccc([N+](=O)[O-])c2)c2ccc3ccccc3n2)c(Br)c1. The molecule has 0 spiro atoms. The van der Waals surface area contributed by atoms with Crippen molar-refractivity contribution in [2.24, 2.45) is 10.1 Å². The van der Waals surface area contributed by atoms with E-state index in [2.05, 4.69) is 42.4 Å². The van der Waals surface area contributed by atoms with Crippen molar-refractivity contribution in [2.45, 2.75) is 6.92 Å². The van der Waals surface area contributed by atoms with Crippen LogP contribution in [0.3, 0.4) is 0 Å². The van der Waals surface area contributed by atoms with Crippen molar-refractivity contribution < 1.29 is 4.92 Å². The van der Waals surface area contributed by atoms with Crippen molar-refractivity contribution in [1.29, 1.82) is 0 Å². The summed E-state index contributed by atoms with van der Waals surface area (Å²) < 4.78 is 1.63. The normalized spacial score (nSPS) is 11.8. The molecule has 164 valence electrons. The third kappa shape index (κ3) is 5.50. The zero-order chi connectivity index (χ0) is 23.4. The molecule has 0 amide bonds. The Morgan fingerprint density at radius 3 is 2.55 bits per heavy atom. The summed E-state index contributed by atoms with van der Waals surface area (Å²) >= 11 is 7.16. The van der Waals surface area contributed by atoms with E-state index in [0.29, 0.717) is 22.8 Å². The molecule has 1 heterocycles. The number of nitro benzene ring substituents is 1. The molecule has 0 radical (unpaired) electrons. The Kier molecular flexibility index (Phi) is 6.90. The fourth-order valence-electron chi connectivity index (χ4n) is 3.13. The van der Waals surface area contributed by atoms with Gasteiger partial charge in [0.2, 0.25) is 0 Å². The zero-order valence-corrected chi connectivity index (χ0v) is 20.5. The summed E-state index contributed by atoms with van der Waals surface area (Å²) in [5.41, 5.74) is 6.73. The highest BCUT2D eigenvalue weighted by Crippen LogP contribution is 2.35. The molecule has 0 aliphatic heterocycles. The molecule has 0 aliphatic rings. The Morgan fingerprint density at radius 2 is 1.79 bits per heavy atom. The Bertz CT molecular complexity index is 1400. The van der Waals surface area contributed by atoms with E-state index in [-0.39, 0.29) is 5.69 Å². The van der Waals surface area contributed by atoms with Crippen LogP contribution in [0.15, 0.2) is 91.8 Å². The minimum Gasteiger partial charge on any atom is -0.260 e. The number of hydrogen-bond acceptors (Lipinski definition) is 5. The van der Waals surface area contributed by atoms with Gasteiger partial charge in [0.1, 0.15) is 5.69 Å². The number of hydrogen-bond donors (Lipinski definition) is 1. The van der Waals surface area contributed by atoms with Crippen LogP contribution in [-0.4, -0.2) is 22.0 Å². The van der Waals surface area contributed by atoms with Crippen LogP contribution >= 0.6 is 31.9 Å². The van der Waals surface area contributed by atoms with Gasteiger partial charge in [-0.1, -0.05) is 36.4 Å². The zero-order valence-electron chi connectivity index (χ0n) is 17.4. The lowest BCUT2D eigenvalue weighted by atomic mass is 10.2. The third-order valence-electron chi connectivity index (χ3n) is 4.69. The Hall–Kier alpha value is -3.43. The standard InChI is InChI=1S/C24H17Br2N5O2/c1-15-11-19(25)23(20(26)12-15)29-24(22-10-9-17-6-2-3-8-21(17)28-22)30-27-14-16-5-4-7-18(13-16)31(32)33/h2-14H,1H3,(H,29,30). The maximum absolute atomic E-state index is 11.0.